The number of nitrogens with zero attached hydrogens (tertiary/aromatic N) is 1. The minimum atomic E-state index is -3.45. The van der Waals surface area contributed by atoms with Crippen molar-refractivity contribution in [3.8, 4) is 11.8 Å². The van der Waals surface area contributed by atoms with E-state index in [4.69, 9.17) is 0 Å². The summed E-state index contributed by atoms with van der Waals surface area (Å²) in [5.41, 5.74) is 1.83. The second kappa shape index (κ2) is 10.6. The molecule has 1 amide bonds. The van der Waals surface area contributed by atoms with E-state index in [-0.39, 0.29) is 10.8 Å². The van der Waals surface area contributed by atoms with Gasteiger partial charge in [-0.3, -0.25) is 4.79 Å². The molecule has 5 nitrogen and oxygen atoms in total. The Morgan fingerprint density at radius 3 is 2.25 bits per heavy atom. The van der Waals surface area contributed by atoms with E-state index in [1.54, 1.807) is 24.3 Å². The highest BCUT2D eigenvalue weighted by Crippen LogP contribution is 2.16. The first-order chi connectivity index (χ1) is 13.5. The second-order valence-electron chi connectivity index (χ2n) is 6.18. The summed E-state index contributed by atoms with van der Waals surface area (Å²) in [7, 11) is -3.45. The van der Waals surface area contributed by atoms with Gasteiger partial charge in [0.2, 0.25) is 15.9 Å². The number of rotatable bonds is 8. The Hall–Kier alpha value is -2.62. The minimum absolute atomic E-state index is 0.0813. The Labute approximate surface area is 167 Å². The molecule has 2 rings (SSSR count). The summed E-state index contributed by atoms with van der Waals surface area (Å²) in [6.07, 6.45) is 0.874. The maximum atomic E-state index is 12.5. The van der Waals surface area contributed by atoms with Crippen molar-refractivity contribution in [1.82, 2.24) is 9.62 Å². The Balaban J connectivity index is 1.83. The molecule has 0 aromatic heterocycles. The number of hydrogen-bond acceptors (Lipinski definition) is 3. The molecule has 0 aliphatic carbocycles. The molecule has 1 N–H and O–H groups in total. The molecule has 0 aliphatic heterocycles. The molecule has 0 unspecified atom stereocenters. The summed E-state index contributed by atoms with van der Waals surface area (Å²) in [6.45, 7) is 4.81. The van der Waals surface area contributed by atoms with Gasteiger partial charge in [0, 0.05) is 25.1 Å². The van der Waals surface area contributed by atoms with E-state index in [0.29, 0.717) is 32.5 Å². The average Bonchev–Trinajstić information content (AvgIpc) is 2.71. The van der Waals surface area contributed by atoms with Gasteiger partial charge in [-0.15, -0.1) is 0 Å². The van der Waals surface area contributed by atoms with Crippen molar-refractivity contribution >= 4 is 15.9 Å². The molecule has 0 fully saturated rings. The molecular weight excluding hydrogens is 372 g/mol. The van der Waals surface area contributed by atoms with Crippen LogP contribution < -0.4 is 5.32 Å². The zero-order valence-electron chi connectivity index (χ0n) is 16.3. The van der Waals surface area contributed by atoms with Crippen LogP contribution in [0.25, 0.3) is 0 Å². The lowest BCUT2D eigenvalue weighted by Crippen LogP contribution is -2.30. The van der Waals surface area contributed by atoms with E-state index in [1.807, 2.05) is 44.2 Å². The Morgan fingerprint density at radius 2 is 1.64 bits per heavy atom. The molecule has 0 heterocycles. The van der Waals surface area contributed by atoms with Crippen LogP contribution in [0, 0.1) is 11.8 Å². The minimum Gasteiger partial charge on any atom is -0.345 e. The SMILES string of the molecule is CCN(CC)S(=O)(=O)c1ccc(CCC(=O)NCC#Cc2ccccc2)cc1. The van der Waals surface area contributed by atoms with Crippen molar-refractivity contribution in [3.63, 3.8) is 0 Å². The zero-order valence-corrected chi connectivity index (χ0v) is 17.1. The monoisotopic (exact) mass is 398 g/mol. The van der Waals surface area contributed by atoms with Gasteiger partial charge >= 0.3 is 0 Å². The first-order valence-electron chi connectivity index (χ1n) is 9.37. The molecule has 0 saturated heterocycles. The van der Waals surface area contributed by atoms with Crippen LogP contribution in [0.2, 0.25) is 0 Å². The van der Waals surface area contributed by atoms with Gasteiger partial charge in [-0.25, -0.2) is 8.42 Å². The van der Waals surface area contributed by atoms with Crippen LogP contribution in [0.4, 0.5) is 0 Å². The van der Waals surface area contributed by atoms with Crippen molar-refractivity contribution in [2.75, 3.05) is 19.6 Å². The highest BCUT2D eigenvalue weighted by atomic mass is 32.2. The van der Waals surface area contributed by atoms with Gasteiger partial charge in [-0.2, -0.15) is 4.31 Å². The quantitative estimate of drug-likeness (QED) is 0.696. The predicted molar refractivity (Wildman–Crippen MR) is 111 cm³/mol. The van der Waals surface area contributed by atoms with Gasteiger partial charge < -0.3 is 5.32 Å². The summed E-state index contributed by atoms with van der Waals surface area (Å²) >= 11 is 0. The molecule has 2 aromatic rings. The fraction of sp³-hybridized carbons (Fsp3) is 0.318. The summed E-state index contributed by atoms with van der Waals surface area (Å²) in [6, 6.07) is 16.3. The third-order valence-electron chi connectivity index (χ3n) is 4.29. The summed E-state index contributed by atoms with van der Waals surface area (Å²) in [5.74, 6) is 5.83. The van der Waals surface area contributed by atoms with Gasteiger partial charge in [-0.1, -0.05) is 56.0 Å². The number of hydrogen-bond donors (Lipinski definition) is 1. The van der Waals surface area contributed by atoms with E-state index in [1.165, 1.54) is 4.31 Å². The summed E-state index contributed by atoms with van der Waals surface area (Å²) < 4.78 is 26.4. The summed E-state index contributed by atoms with van der Waals surface area (Å²) in [5, 5.41) is 2.77. The van der Waals surface area contributed by atoms with Crippen LogP contribution in [0.5, 0.6) is 0 Å². The lowest BCUT2D eigenvalue weighted by molar-refractivity contribution is -0.120. The molecule has 0 saturated carbocycles. The number of carbonyl (C=O) groups excluding carboxylic acids is 1. The lowest BCUT2D eigenvalue weighted by Gasteiger charge is -2.18. The number of aryl methyl sites for hydroxylation is 1. The van der Waals surface area contributed by atoms with Gasteiger partial charge in [0.05, 0.1) is 11.4 Å². The van der Waals surface area contributed by atoms with Crippen LogP contribution in [-0.4, -0.2) is 38.3 Å². The Bertz CT molecular complexity index is 923. The normalized spacial score (nSPS) is 11.0. The molecule has 148 valence electrons. The van der Waals surface area contributed by atoms with Gasteiger partial charge in [-0.05, 0) is 36.2 Å². The number of benzene rings is 2. The van der Waals surface area contributed by atoms with E-state index in [9.17, 15) is 13.2 Å². The maximum absolute atomic E-state index is 12.5. The molecule has 6 heteroatoms. The van der Waals surface area contributed by atoms with E-state index < -0.39 is 10.0 Å². The van der Waals surface area contributed by atoms with Crippen LogP contribution >= 0.6 is 0 Å². The van der Waals surface area contributed by atoms with Crippen LogP contribution in [0.3, 0.4) is 0 Å². The molecular formula is C22H26N2O3S. The van der Waals surface area contributed by atoms with Crippen LogP contribution in [0.1, 0.15) is 31.4 Å². The third kappa shape index (κ3) is 6.22. The number of carbonyl (C=O) groups is 1. The van der Waals surface area contributed by atoms with E-state index in [0.717, 1.165) is 11.1 Å². The van der Waals surface area contributed by atoms with E-state index >= 15 is 0 Å². The van der Waals surface area contributed by atoms with Crippen molar-refractivity contribution in [3.05, 3.63) is 65.7 Å². The standard InChI is InChI=1S/C22H26N2O3S/c1-3-24(4-2)28(26,27)21-15-12-20(13-16-21)14-17-22(25)23-18-8-11-19-9-6-5-7-10-19/h5-7,9-10,12-13,15-16H,3-4,14,17-18H2,1-2H3,(H,23,25). The van der Waals surface area contributed by atoms with Gasteiger partial charge in [0.1, 0.15) is 0 Å². The molecule has 0 radical (unpaired) electrons. The predicted octanol–water partition coefficient (Wildman–Crippen LogP) is 2.82. The molecule has 0 atom stereocenters. The third-order valence-corrected chi connectivity index (χ3v) is 6.35. The zero-order chi connectivity index (χ0) is 20.4. The van der Waals surface area contributed by atoms with Crippen LogP contribution in [-0.2, 0) is 21.2 Å². The van der Waals surface area contributed by atoms with Crippen molar-refractivity contribution < 1.29 is 13.2 Å². The maximum Gasteiger partial charge on any atom is 0.243 e. The van der Waals surface area contributed by atoms with Gasteiger partial charge in [0.25, 0.3) is 0 Å². The van der Waals surface area contributed by atoms with Gasteiger partial charge in [0.15, 0.2) is 0 Å². The molecule has 0 aliphatic rings. The van der Waals surface area contributed by atoms with Crippen LogP contribution in [0.15, 0.2) is 59.5 Å². The second-order valence-corrected chi connectivity index (χ2v) is 8.12. The fourth-order valence-electron chi connectivity index (χ4n) is 2.70. The number of amides is 1. The molecule has 28 heavy (non-hydrogen) atoms. The Kier molecular flexibility index (Phi) is 8.24. The van der Waals surface area contributed by atoms with Crippen molar-refractivity contribution in [2.45, 2.75) is 31.6 Å². The van der Waals surface area contributed by atoms with Crippen molar-refractivity contribution in [2.24, 2.45) is 0 Å². The lowest BCUT2D eigenvalue weighted by atomic mass is 10.1. The first kappa shape index (κ1) is 21.7. The largest absolute Gasteiger partial charge is 0.345 e. The highest BCUT2D eigenvalue weighted by Gasteiger charge is 2.21. The first-order valence-corrected chi connectivity index (χ1v) is 10.8. The number of sulfonamides is 1. The fourth-order valence-corrected chi connectivity index (χ4v) is 4.16. The molecule has 2 aromatic carbocycles. The Morgan fingerprint density at radius 1 is 1.00 bits per heavy atom. The van der Waals surface area contributed by atoms with Crippen molar-refractivity contribution in [1.29, 1.82) is 0 Å². The smallest absolute Gasteiger partial charge is 0.243 e. The summed E-state index contributed by atoms with van der Waals surface area (Å²) in [4.78, 5) is 12.2. The number of nitrogens with one attached hydrogen (secondary N) is 1. The topological polar surface area (TPSA) is 66.5 Å². The average molecular weight is 399 g/mol. The molecule has 0 spiro atoms. The highest BCUT2D eigenvalue weighted by molar-refractivity contribution is 7.89. The molecule has 0 bridgehead atoms. The van der Waals surface area contributed by atoms with E-state index in [2.05, 4.69) is 17.2 Å².